The van der Waals surface area contributed by atoms with Crippen LogP contribution in [0.3, 0.4) is 0 Å². The molecule has 0 saturated heterocycles. The van der Waals surface area contributed by atoms with Crippen LogP contribution in [0.4, 0.5) is 0 Å². The quantitative estimate of drug-likeness (QED) is 0.202. The Morgan fingerprint density at radius 1 is 0.326 bits per heavy atom. The summed E-state index contributed by atoms with van der Waals surface area (Å²) < 4.78 is 2.26. The number of benzene rings is 7. The lowest BCUT2D eigenvalue weighted by Crippen LogP contribution is -1.97. The van der Waals surface area contributed by atoms with Gasteiger partial charge in [0.15, 0.2) is 0 Å². The van der Waals surface area contributed by atoms with Crippen molar-refractivity contribution in [2.45, 2.75) is 0 Å². The number of hydrogen-bond donors (Lipinski definition) is 0. The van der Waals surface area contributed by atoms with E-state index in [-0.39, 0.29) is 0 Å². The summed E-state index contributed by atoms with van der Waals surface area (Å²) in [6.45, 7) is 0. The number of para-hydroxylation sites is 2. The Balaban J connectivity index is 1.14. The highest BCUT2D eigenvalue weighted by molar-refractivity contribution is 6.25. The lowest BCUT2D eigenvalue weighted by Gasteiger charge is -2.13. The maximum absolute atomic E-state index is 4.97. The summed E-state index contributed by atoms with van der Waals surface area (Å²) in [6, 6.07) is 54.6. The van der Waals surface area contributed by atoms with E-state index in [0.29, 0.717) is 0 Å². The van der Waals surface area contributed by atoms with Gasteiger partial charge in [-0.15, -0.1) is 0 Å². The monoisotopic (exact) mass is 546 g/mol. The van der Waals surface area contributed by atoms with Gasteiger partial charge in [-0.3, -0.25) is 4.57 Å². The first-order chi connectivity index (χ1) is 21.3. The molecule has 9 rings (SSSR count). The van der Waals surface area contributed by atoms with Crippen molar-refractivity contribution in [3.63, 3.8) is 0 Å². The molecule has 0 bridgehead atoms. The third-order valence-corrected chi connectivity index (χ3v) is 8.83. The number of nitrogens with zero attached hydrogens (tertiary/aromatic N) is 2. The van der Waals surface area contributed by atoms with Gasteiger partial charge in [0.05, 0.1) is 11.0 Å². The normalized spacial score (nSPS) is 11.7. The second-order valence-electron chi connectivity index (χ2n) is 11.2. The molecule has 0 fully saturated rings. The summed E-state index contributed by atoms with van der Waals surface area (Å²) in [6.07, 6.45) is 2.00. The van der Waals surface area contributed by atoms with Gasteiger partial charge in [0.25, 0.3) is 0 Å². The van der Waals surface area contributed by atoms with Gasteiger partial charge in [0, 0.05) is 22.5 Å². The van der Waals surface area contributed by atoms with Crippen LogP contribution in [0.5, 0.6) is 0 Å². The molecule has 0 aliphatic heterocycles. The van der Waals surface area contributed by atoms with Crippen molar-refractivity contribution in [2.24, 2.45) is 0 Å². The highest BCUT2D eigenvalue weighted by atomic mass is 15.1. The molecule has 2 aromatic heterocycles. The molecule has 0 unspecified atom stereocenters. The van der Waals surface area contributed by atoms with E-state index >= 15 is 0 Å². The minimum atomic E-state index is 0.922. The number of pyridine rings is 1. The Morgan fingerprint density at radius 2 is 0.791 bits per heavy atom. The lowest BCUT2D eigenvalue weighted by atomic mass is 9.91. The van der Waals surface area contributed by atoms with Crippen LogP contribution in [-0.2, 0) is 0 Å². The Hall–Kier alpha value is -5.73. The van der Waals surface area contributed by atoms with E-state index in [4.69, 9.17) is 4.98 Å². The third kappa shape index (κ3) is 3.70. The molecule has 43 heavy (non-hydrogen) atoms. The SMILES string of the molecule is c1cc(-c2ccc(-n3c4ccccc4c4ccccc43)nc2)cc(-c2ccc3c4ccccc4c4ccccc4c3c2)c1. The second kappa shape index (κ2) is 9.40. The van der Waals surface area contributed by atoms with E-state index in [1.807, 2.05) is 6.20 Å². The van der Waals surface area contributed by atoms with Crippen molar-refractivity contribution in [3.05, 3.63) is 158 Å². The minimum absolute atomic E-state index is 0.922. The predicted molar refractivity (Wildman–Crippen MR) is 182 cm³/mol. The van der Waals surface area contributed by atoms with Crippen molar-refractivity contribution in [1.82, 2.24) is 9.55 Å². The fourth-order valence-corrected chi connectivity index (χ4v) is 6.82. The average molecular weight is 547 g/mol. The van der Waals surface area contributed by atoms with Gasteiger partial charge in [0.2, 0.25) is 0 Å². The maximum Gasteiger partial charge on any atom is 0.137 e. The molecule has 0 atom stereocenters. The molecular weight excluding hydrogens is 520 g/mol. The number of fused-ring (bicyclic) bond motifs is 9. The van der Waals surface area contributed by atoms with Gasteiger partial charge in [-0.1, -0.05) is 115 Å². The van der Waals surface area contributed by atoms with Crippen molar-refractivity contribution < 1.29 is 0 Å². The standard InChI is InChI=1S/C41H26N2/c1-2-14-33-31(12-1)32-13-3-4-15-34(32)38-25-29(20-22-35(33)38)27-10-9-11-28(24-27)30-21-23-41(42-26-30)43-39-18-7-5-16-36(39)37-17-6-8-19-40(37)43/h1-26H. The maximum atomic E-state index is 4.97. The number of aromatic nitrogens is 2. The molecule has 2 nitrogen and oxygen atoms in total. The fourth-order valence-electron chi connectivity index (χ4n) is 6.82. The van der Waals surface area contributed by atoms with Crippen molar-refractivity contribution in [2.75, 3.05) is 0 Å². The average Bonchev–Trinajstić information content (AvgIpc) is 3.43. The zero-order valence-corrected chi connectivity index (χ0v) is 23.4. The van der Waals surface area contributed by atoms with Crippen LogP contribution < -0.4 is 0 Å². The van der Waals surface area contributed by atoms with Gasteiger partial charge in [-0.2, -0.15) is 0 Å². The van der Waals surface area contributed by atoms with E-state index in [0.717, 1.165) is 16.9 Å². The molecule has 2 heterocycles. The molecule has 2 heteroatoms. The van der Waals surface area contributed by atoms with Crippen LogP contribution in [0.1, 0.15) is 0 Å². The molecule has 0 aliphatic carbocycles. The van der Waals surface area contributed by atoms with Crippen molar-refractivity contribution >= 4 is 54.1 Å². The van der Waals surface area contributed by atoms with Gasteiger partial charge in [0.1, 0.15) is 5.82 Å². The molecule has 0 aliphatic rings. The largest absolute Gasteiger partial charge is 0.294 e. The van der Waals surface area contributed by atoms with Crippen LogP contribution in [-0.4, -0.2) is 9.55 Å². The van der Waals surface area contributed by atoms with E-state index in [9.17, 15) is 0 Å². The molecule has 0 amide bonds. The van der Waals surface area contributed by atoms with E-state index in [2.05, 4.69) is 156 Å². The van der Waals surface area contributed by atoms with E-state index in [1.165, 1.54) is 65.3 Å². The lowest BCUT2D eigenvalue weighted by molar-refractivity contribution is 1.08. The van der Waals surface area contributed by atoms with Crippen LogP contribution in [0.25, 0.3) is 82.2 Å². The molecule has 9 aromatic rings. The summed E-state index contributed by atoms with van der Waals surface area (Å²) in [5, 5.41) is 10.3. The highest BCUT2D eigenvalue weighted by Gasteiger charge is 2.13. The zero-order valence-electron chi connectivity index (χ0n) is 23.4. The Kier molecular flexibility index (Phi) is 5.23. The second-order valence-corrected chi connectivity index (χ2v) is 11.2. The fraction of sp³-hybridized carbons (Fsp3) is 0. The van der Waals surface area contributed by atoms with Gasteiger partial charge >= 0.3 is 0 Å². The van der Waals surface area contributed by atoms with Gasteiger partial charge in [-0.25, -0.2) is 4.98 Å². The van der Waals surface area contributed by atoms with Crippen LogP contribution in [0.15, 0.2) is 158 Å². The molecule has 0 radical (unpaired) electrons. The molecular formula is C41H26N2. The summed E-state index contributed by atoms with van der Waals surface area (Å²) in [5.41, 5.74) is 7.00. The number of hydrogen-bond acceptors (Lipinski definition) is 1. The first-order valence-corrected chi connectivity index (χ1v) is 14.7. The van der Waals surface area contributed by atoms with Gasteiger partial charge < -0.3 is 0 Å². The van der Waals surface area contributed by atoms with E-state index < -0.39 is 0 Å². The van der Waals surface area contributed by atoms with Crippen molar-refractivity contribution in [3.8, 4) is 28.1 Å². The van der Waals surface area contributed by atoms with Crippen molar-refractivity contribution in [1.29, 1.82) is 0 Å². The van der Waals surface area contributed by atoms with E-state index in [1.54, 1.807) is 0 Å². The minimum Gasteiger partial charge on any atom is -0.294 e. The third-order valence-electron chi connectivity index (χ3n) is 8.83. The zero-order chi connectivity index (χ0) is 28.3. The Bertz CT molecular complexity index is 2410. The predicted octanol–water partition coefficient (Wildman–Crippen LogP) is 11.0. The van der Waals surface area contributed by atoms with Crippen LogP contribution in [0, 0.1) is 0 Å². The Labute approximate surface area is 249 Å². The summed E-state index contributed by atoms with van der Waals surface area (Å²) in [7, 11) is 0. The summed E-state index contributed by atoms with van der Waals surface area (Å²) in [4.78, 5) is 4.97. The smallest absolute Gasteiger partial charge is 0.137 e. The number of rotatable bonds is 3. The van der Waals surface area contributed by atoms with Gasteiger partial charge in [-0.05, 0) is 85.4 Å². The molecule has 0 saturated carbocycles. The van der Waals surface area contributed by atoms with Crippen LogP contribution >= 0.6 is 0 Å². The summed E-state index contributed by atoms with van der Waals surface area (Å²) >= 11 is 0. The highest BCUT2D eigenvalue weighted by Crippen LogP contribution is 2.38. The first-order valence-electron chi connectivity index (χ1n) is 14.7. The molecule has 200 valence electrons. The molecule has 0 spiro atoms. The molecule has 7 aromatic carbocycles. The van der Waals surface area contributed by atoms with Crippen LogP contribution in [0.2, 0.25) is 0 Å². The topological polar surface area (TPSA) is 17.8 Å². The Morgan fingerprint density at radius 3 is 1.37 bits per heavy atom. The molecule has 0 N–H and O–H groups in total. The first kappa shape index (κ1) is 23.9. The summed E-state index contributed by atoms with van der Waals surface area (Å²) in [5.74, 6) is 0.922.